The van der Waals surface area contributed by atoms with Gasteiger partial charge in [0.2, 0.25) is 5.91 Å². The van der Waals surface area contributed by atoms with E-state index in [1.54, 1.807) is 0 Å². The highest BCUT2D eigenvalue weighted by molar-refractivity contribution is 5.76. The van der Waals surface area contributed by atoms with Gasteiger partial charge in [-0.05, 0) is 51.4 Å². The van der Waals surface area contributed by atoms with Crippen LogP contribution in [0.4, 0.5) is 0 Å². The van der Waals surface area contributed by atoms with Crippen LogP contribution in [0.15, 0.2) is 72.9 Å². The van der Waals surface area contributed by atoms with Crippen molar-refractivity contribution in [1.29, 1.82) is 0 Å². The lowest BCUT2D eigenvalue weighted by Crippen LogP contribution is -2.45. The van der Waals surface area contributed by atoms with E-state index in [-0.39, 0.29) is 12.5 Å². The number of rotatable bonds is 27. The summed E-state index contributed by atoms with van der Waals surface area (Å²) in [5.74, 6) is -0.121. The summed E-state index contributed by atoms with van der Waals surface area (Å²) >= 11 is 0. The molecule has 0 bridgehead atoms. The van der Waals surface area contributed by atoms with Crippen molar-refractivity contribution in [1.82, 2.24) is 5.32 Å². The average molecular weight is 556 g/mol. The van der Waals surface area contributed by atoms with Crippen LogP contribution < -0.4 is 5.32 Å². The Labute approximate surface area is 247 Å². The monoisotopic (exact) mass is 555 g/mol. The average Bonchev–Trinajstić information content (AvgIpc) is 2.96. The first-order valence-electron chi connectivity index (χ1n) is 16.1. The topological polar surface area (TPSA) is 69.6 Å². The van der Waals surface area contributed by atoms with Crippen LogP contribution in [-0.4, -0.2) is 34.9 Å². The van der Waals surface area contributed by atoms with Crippen LogP contribution in [0.1, 0.15) is 129 Å². The van der Waals surface area contributed by atoms with E-state index in [9.17, 15) is 15.0 Å². The number of carbonyl (C=O) groups excluding carboxylic acids is 1. The summed E-state index contributed by atoms with van der Waals surface area (Å²) in [7, 11) is 0. The van der Waals surface area contributed by atoms with Gasteiger partial charge in [-0.1, -0.05) is 145 Å². The number of allylic oxidation sites excluding steroid dienone is 12. The molecule has 0 rings (SSSR count). The molecule has 4 nitrogen and oxygen atoms in total. The quantitative estimate of drug-likeness (QED) is 0.0699. The zero-order chi connectivity index (χ0) is 29.4. The van der Waals surface area contributed by atoms with Crippen LogP contribution in [0.2, 0.25) is 0 Å². The first-order chi connectivity index (χ1) is 19.7. The van der Waals surface area contributed by atoms with Gasteiger partial charge in [-0.3, -0.25) is 4.79 Å². The van der Waals surface area contributed by atoms with Gasteiger partial charge in [-0.25, -0.2) is 0 Å². The smallest absolute Gasteiger partial charge is 0.220 e. The molecule has 0 heterocycles. The maximum absolute atomic E-state index is 12.2. The van der Waals surface area contributed by atoms with Crippen LogP contribution in [0.25, 0.3) is 0 Å². The Morgan fingerprint density at radius 2 is 1.05 bits per heavy atom. The Kier molecular flexibility index (Phi) is 29.7. The Morgan fingerprint density at radius 3 is 1.50 bits per heavy atom. The van der Waals surface area contributed by atoms with Gasteiger partial charge in [0.05, 0.1) is 18.8 Å². The van der Waals surface area contributed by atoms with Crippen molar-refractivity contribution in [3.05, 3.63) is 72.9 Å². The second kappa shape index (κ2) is 31.4. The third kappa shape index (κ3) is 27.4. The molecule has 2 unspecified atom stereocenters. The molecular weight excluding hydrogens is 494 g/mol. The predicted octanol–water partition coefficient (Wildman–Crippen LogP) is 9.22. The number of nitrogens with one attached hydrogen (secondary N) is 1. The molecule has 0 aromatic heterocycles. The second-order valence-corrected chi connectivity index (χ2v) is 10.5. The van der Waals surface area contributed by atoms with Crippen LogP contribution in [0, 0.1) is 0 Å². The lowest BCUT2D eigenvalue weighted by atomic mass is 10.0. The highest BCUT2D eigenvalue weighted by Gasteiger charge is 2.19. The standard InChI is InChI=1S/C36H61NO3/c1-3-5-7-9-11-13-14-15-16-17-18-19-20-21-22-24-26-28-30-32-36(40)37-34(33-38)35(39)31-29-27-25-23-12-10-8-6-4-2/h5,7,11,13,15-16,18-19,21-22,26,28,34-35,38-39H,3-4,6,8-10,12,14,17,20,23-25,27,29-33H2,1-2H3,(H,37,40)/b7-5-,13-11-,16-15-,19-18-,22-21-,28-26-. The van der Waals surface area contributed by atoms with Gasteiger partial charge in [-0.2, -0.15) is 0 Å². The molecule has 0 aromatic rings. The fourth-order valence-corrected chi connectivity index (χ4v) is 4.26. The molecule has 0 saturated heterocycles. The summed E-state index contributed by atoms with van der Waals surface area (Å²) in [6.07, 6.45) is 43.9. The van der Waals surface area contributed by atoms with Gasteiger partial charge < -0.3 is 15.5 Å². The summed E-state index contributed by atoms with van der Waals surface area (Å²) in [6, 6.07) is -0.577. The molecule has 2 atom stereocenters. The van der Waals surface area contributed by atoms with Crippen molar-refractivity contribution in [3.63, 3.8) is 0 Å². The Bertz CT molecular complexity index is 732. The first-order valence-corrected chi connectivity index (χ1v) is 16.1. The Balaban J connectivity index is 3.81. The molecule has 0 aromatic carbocycles. The summed E-state index contributed by atoms with van der Waals surface area (Å²) in [6.45, 7) is 4.15. The van der Waals surface area contributed by atoms with Gasteiger partial charge in [0, 0.05) is 6.42 Å². The molecule has 0 aliphatic heterocycles. The molecule has 4 heteroatoms. The lowest BCUT2D eigenvalue weighted by molar-refractivity contribution is -0.123. The van der Waals surface area contributed by atoms with E-state index in [4.69, 9.17) is 0 Å². The number of hydrogen-bond donors (Lipinski definition) is 3. The largest absolute Gasteiger partial charge is 0.394 e. The minimum atomic E-state index is -0.690. The maximum atomic E-state index is 12.2. The SMILES string of the molecule is CC/C=C\C/C=C\C/C=C\C/C=C\C/C=C\C/C=C\CCC(=O)NC(CO)C(O)CCCCCCCCCCC. The van der Waals surface area contributed by atoms with Crippen LogP contribution in [0.5, 0.6) is 0 Å². The minimum Gasteiger partial charge on any atom is -0.394 e. The van der Waals surface area contributed by atoms with Crippen LogP contribution >= 0.6 is 0 Å². The number of aliphatic hydroxyl groups is 2. The molecule has 0 fully saturated rings. The van der Waals surface area contributed by atoms with Crippen molar-refractivity contribution in [2.24, 2.45) is 0 Å². The normalized spacial score (nSPS) is 14.2. The second-order valence-electron chi connectivity index (χ2n) is 10.5. The Morgan fingerprint density at radius 1 is 0.625 bits per heavy atom. The zero-order valence-electron chi connectivity index (χ0n) is 25.8. The first kappa shape index (κ1) is 37.8. The summed E-state index contributed by atoms with van der Waals surface area (Å²) in [4.78, 5) is 12.2. The molecule has 3 N–H and O–H groups in total. The molecule has 1 amide bonds. The fourth-order valence-electron chi connectivity index (χ4n) is 4.26. The molecule has 228 valence electrons. The van der Waals surface area contributed by atoms with E-state index in [0.717, 1.165) is 51.4 Å². The molecule has 0 saturated carbocycles. The van der Waals surface area contributed by atoms with E-state index >= 15 is 0 Å². The van der Waals surface area contributed by atoms with Gasteiger partial charge in [-0.15, -0.1) is 0 Å². The minimum absolute atomic E-state index is 0.121. The predicted molar refractivity (Wildman–Crippen MR) is 174 cm³/mol. The number of aliphatic hydroxyl groups excluding tert-OH is 2. The molecule has 0 radical (unpaired) electrons. The highest BCUT2D eigenvalue weighted by Crippen LogP contribution is 2.12. The van der Waals surface area contributed by atoms with E-state index in [1.165, 1.54) is 44.9 Å². The van der Waals surface area contributed by atoms with Crippen molar-refractivity contribution < 1.29 is 15.0 Å². The van der Waals surface area contributed by atoms with Gasteiger partial charge in [0.15, 0.2) is 0 Å². The molecule has 40 heavy (non-hydrogen) atoms. The summed E-state index contributed by atoms with van der Waals surface area (Å²) < 4.78 is 0. The number of unbranched alkanes of at least 4 members (excludes halogenated alkanes) is 8. The van der Waals surface area contributed by atoms with Crippen molar-refractivity contribution in [3.8, 4) is 0 Å². The van der Waals surface area contributed by atoms with Gasteiger partial charge in [0.1, 0.15) is 0 Å². The number of hydrogen-bond acceptors (Lipinski definition) is 3. The van der Waals surface area contributed by atoms with Gasteiger partial charge in [0.25, 0.3) is 0 Å². The van der Waals surface area contributed by atoms with Gasteiger partial charge >= 0.3 is 0 Å². The molecular formula is C36H61NO3. The van der Waals surface area contributed by atoms with E-state index in [2.05, 4.69) is 86.0 Å². The van der Waals surface area contributed by atoms with Crippen molar-refractivity contribution in [2.45, 2.75) is 142 Å². The van der Waals surface area contributed by atoms with E-state index in [1.807, 2.05) is 6.08 Å². The number of carbonyl (C=O) groups is 1. The summed E-state index contributed by atoms with van der Waals surface area (Å²) in [5, 5.41) is 22.8. The fraction of sp³-hybridized carbons (Fsp3) is 0.639. The molecule has 0 spiro atoms. The molecule has 0 aliphatic rings. The van der Waals surface area contributed by atoms with Crippen LogP contribution in [-0.2, 0) is 4.79 Å². The Hall–Kier alpha value is -2.17. The zero-order valence-corrected chi connectivity index (χ0v) is 25.8. The van der Waals surface area contributed by atoms with Crippen molar-refractivity contribution >= 4 is 5.91 Å². The van der Waals surface area contributed by atoms with Crippen LogP contribution in [0.3, 0.4) is 0 Å². The summed E-state index contributed by atoms with van der Waals surface area (Å²) in [5.41, 5.74) is 0. The number of amides is 1. The van der Waals surface area contributed by atoms with E-state index < -0.39 is 12.1 Å². The lowest BCUT2D eigenvalue weighted by Gasteiger charge is -2.22. The third-order valence-electron chi connectivity index (χ3n) is 6.75. The van der Waals surface area contributed by atoms with Crippen molar-refractivity contribution in [2.75, 3.05) is 6.61 Å². The highest BCUT2D eigenvalue weighted by atomic mass is 16.3. The van der Waals surface area contributed by atoms with E-state index in [0.29, 0.717) is 19.3 Å². The maximum Gasteiger partial charge on any atom is 0.220 e. The molecule has 0 aliphatic carbocycles. The third-order valence-corrected chi connectivity index (χ3v) is 6.75.